The van der Waals surface area contributed by atoms with Gasteiger partial charge in [-0.3, -0.25) is 0 Å². The third-order valence-electron chi connectivity index (χ3n) is 3.40. The fourth-order valence-electron chi connectivity index (χ4n) is 2.18. The van der Waals surface area contributed by atoms with Gasteiger partial charge in [0.15, 0.2) is 0 Å². The molecule has 0 aromatic rings. The quantitative estimate of drug-likeness (QED) is 0.679. The van der Waals surface area contributed by atoms with Crippen LogP contribution < -0.4 is 0 Å². The molecule has 1 aliphatic rings. The lowest BCUT2D eigenvalue weighted by molar-refractivity contribution is -0.0452. The highest BCUT2D eigenvalue weighted by Crippen LogP contribution is 2.38. The van der Waals surface area contributed by atoms with Crippen LogP contribution in [0.3, 0.4) is 0 Å². The van der Waals surface area contributed by atoms with Crippen molar-refractivity contribution in [1.82, 2.24) is 0 Å². The Morgan fingerprint density at radius 3 is 2.21 bits per heavy atom. The molecule has 0 spiro atoms. The highest BCUT2D eigenvalue weighted by Gasteiger charge is 2.49. The molecular formula is C10H22O3Si. The fraction of sp³-hybridized carbons (Fsp3) is 1.00. The highest BCUT2D eigenvalue weighted by atomic mass is 28.4. The van der Waals surface area contributed by atoms with Crippen molar-refractivity contribution in [3.63, 3.8) is 0 Å². The second kappa shape index (κ2) is 4.75. The van der Waals surface area contributed by atoms with Crippen LogP contribution in [0.5, 0.6) is 0 Å². The van der Waals surface area contributed by atoms with Gasteiger partial charge < -0.3 is 13.3 Å². The molecule has 0 unspecified atom stereocenters. The smallest absolute Gasteiger partial charge is 0.377 e. The van der Waals surface area contributed by atoms with E-state index in [0.717, 1.165) is 31.7 Å². The molecule has 0 aromatic carbocycles. The molecule has 0 saturated carbocycles. The van der Waals surface area contributed by atoms with Crippen molar-refractivity contribution in [1.29, 1.82) is 0 Å². The molecule has 1 heterocycles. The molecule has 0 bridgehead atoms. The van der Waals surface area contributed by atoms with Crippen molar-refractivity contribution in [3.8, 4) is 0 Å². The van der Waals surface area contributed by atoms with Crippen LogP contribution in [0.2, 0.25) is 6.04 Å². The Morgan fingerprint density at radius 1 is 1.21 bits per heavy atom. The average Bonchev–Trinajstić information content (AvgIpc) is 2.29. The molecule has 84 valence electrons. The Labute approximate surface area is 88.1 Å². The minimum Gasteiger partial charge on any atom is -0.377 e. The monoisotopic (exact) mass is 218 g/mol. The summed E-state index contributed by atoms with van der Waals surface area (Å²) in [4.78, 5) is 0. The molecular weight excluding hydrogens is 196 g/mol. The van der Waals surface area contributed by atoms with Crippen molar-refractivity contribution < 1.29 is 13.3 Å². The topological polar surface area (TPSA) is 27.7 Å². The van der Waals surface area contributed by atoms with E-state index < -0.39 is 8.80 Å². The van der Waals surface area contributed by atoms with Gasteiger partial charge >= 0.3 is 8.80 Å². The van der Waals surface area contributed by atoms with Crippen LogP contribution in [0.15, 0.2) is 0 Å². The van der Waals surface area contributed by atoms with Gasteiger partial charge in [-0.25, -0.2) is 0 Å². The molecule has 3 nitrogen and oxygen atoms in total. The van der Waals surface area contributed by atoms with Gasteiger partial charge in [-0.05, 0) is 25.7 Å². The Bertz CT molecular complexity index is 158. The summed E-state index contributed by atoms with van der Waals surface area (Å²) >= 11 is 0. The molecule has 1 rings (SSSR count). The van der Waals surface area contributed by atoms with Crippen LogP contribution >= 0.6 is 0 Å². The van der Waals surface area contributed by atoms with E-state index in [-0.39, 0.29) is 5.60 Å². The van der Waals surface area contributed by atoms with Crippen molar-refractivity contribution in [3.05, 3.63) is 0 Å². The summed E-state index contributed by atoms with van der Waals surface area (Å²) in [5, 5.41) is 0. The van der Waals surface area contributed by atoms with Crippen molar-refractivity contribution >= 4 is 8.80 Å². The Balaban J connectivity index is 2.75. The highest BCUT2D eigenvalue weighted by molar-refractivity contribution is 6.60. The van der Waals surface area contributed by atoms with Gasteiger partial charge in [0.2, 0.25) is 0 Å². The molecule has 1 fully saturated rings. The zero-order chi connectivity index (χ0) is 10.7. The summed E-state index contributed by atoms with van der Waals surface area (Å²) < 4.78 is 17.1. The van der Waals surface area contributed by atoms with E-state index in [0.29, 0.717) is 0 Å². The predicted octanol–water partition coefficient (Wildman–Crippen LogP) is 2.59. The van der Waals surface area contributed by atoms with Crippen LogP contribution in [0.4, 0.5) is 0 Å². The Kier molecular flexibility index (Phi) is 4.12. The lowest BCUT2D eigenvalue weighted by Gasteiger charge is -2.43. The second-order valence-corrected chi connectivity index (χ2v) is 6.82. The summed E-state index contributed by atoms with van der Waals surface area (Å²) in [5.41, 5.74) is 0.0104. The van der Waals surface area contributed by atoms with E-state index in [4.69, 9.17) is 13.3 Å². The third kappa shape index (κ3) is 2.19. The van der Waals surface area contributed by atoms with Crippen molar-refractivity contribution in [2.45, 2.75) is 51.2 Å². The average molecular weight is 218 g/mol. The summed E-state index contributed by atoms with van der Waals surface area (Å²) in [7, 11) is 1.10. The van der Waals surface area contributed by atoms with E-state index in [2.05, 4.69) is 13.8 Å². The number of hydrogen-bond donors (Lipinski definition) is 0. The normalized spacial score (nSPS) is 24.9. The number of rotatable bonds is 4. The molecule has 0 N–H and O–H groups in total. The third-order valence-corrected chi connectivity index (χ3v) is 6.35. The molecule has 0 aliphatic carbocycles. The Morgan fingerprint density at radius 2 is 1.79 bits per heavy atom. The van der Waals surface area contributed by atoms with Crippen LogP contribution in [-0.4, -0.2) is 28.6 Å². The first-order valence-electron chi connectivity index (χ1n) is 5.46. The van der Waals surface area contributed by atoms with Crippen molar-refractivity contribution in [2.75, 3.05) is 14.2 Å². The fourth-order valence-corrected chi connectivity index (χ4v) is 4.68. The molecule has 0 atom stereocenters. The van der Waals surface area contributed by atoms with Gasteiger partial charge in [0, 0.05) is 20.3 Å². The SMILES string of the molecule is CCC1(CC)CCC[Si](OC)(OC)O1. The van der Waals surface area contributed by atoms with Crippen LogP contribution in [0.25, 0.3) is 0 Å². The first-order chi connectivity index (χ1) is 6.66. The first kappa shape index (κ1) is 12.2. The summed E-state index contributed by atoms with van der Waals surface area (Å²) in [6, 6.07) is 0.960. The first-order valence-corrected chi connectivity index (χ1v) is 7.39. The molecule has 0 radical (unpaired) electrons. The minimum absolute atomic E-state index is 0.0104. The van der Waals surface area contributed by atoms with Gasteiger partial charge in [0.25, 0.3) is 0 Å². The van der Waals surface area contributed by atoms with E-state index in [1.165, 1.54) is 0 Å². The van der Waals surface area contributed by atoms with Crippen LogP contribution in [0.1, 0.15) is 39.5 Å². The number of hydrogen-bond acceptors (Lipinski definition) is 3. The van der Waals surface area contributed by atoms with Crippen molar-refractivity contribution in [2.24, 2.45) is 0 Å². The van der Waals surface area contributed by atoms with Crippen LogP contribution in [-0.2, 0) is 13.3 Å². The minimum atomic E-state index is -2.31. The van der Waals surface area contributed by atoms with Gasteiger partial charge in [0.05, 0.1) is 5.60 Å². The van der Waals surface area contributed by atoms with Gasteiger partial charge in [-0.2, -0.15) is 0 Å². The largest absolute Gasteiger partial charge is 0.500 e. The maximum absolute atomic E-state index is 6.15. The van der Waals surface area contributed by atoms with Gasteiger partial charge in [-0.15, -0.1) is 0 Å². The summed E-state index contributed by atoms with van der Waals surface area (Å²) in [6.45, 7) is 4.36. The lowest BCUT2D eigenvalue weighted by Crippen LogP contribution is -2.54. The van der Waals surface area contributed by atoms with E-state index >= 15 is 0 Å². The zero-order valence-corrected chi connectivity index (χ0v) is 10.8. The predicted molar refractivity (Wildman–Crippen MR) is 58.2 cm³/mol. The van der Waals surface area contributed by atoms with Crippen LogP contribution in [0, 0.1) is 0 Å². The maximum atomic E-state index is 6.15. The molecule has 1 aliphatic heterocycles. The second-order valence-electron chi connectivity index (χ2n) is 3.94. The van der Waals surface area contributed by atoms with Gasteiger partial charge in [-0.1, -0.05) is 13.8 Å². The standard InChI is InChI=1S/C10H22O3Si/c1-5-10(6-2)8-7-9-14(11-3,12-4)13-10/h5-9H2,1-4H3. The zero-order valence-electron chi connectivity index (χ0n) is 9.76. The molecule has 4 heteroatoms. The summed E-state index contributed by atoms with van der Waals surface area (Å²) in [5.74, 6) is 0. The summed E-state index contributed by atoms with van der Waals surface area (Å²) in [6.07, 6.45) is 4.40. The molecule has 0 aromatic heterocycles. The maximum Gasteiger partial charge on any atom is 0.500 e. The Hall–Kier alpha value is 0.0969. The molecule has 14 heavy (non-hydrogen) atoms. The molecule has 0 amide bonds. The van der Waals surface area contributed by atoms with Gasteiger partial charge in [0.1, 0.15) is 0 Å². The molecule has 1 saturated heterocycles. The van der Waals surface area contributed by atoms with E-state index in [1.54, 1.807) is 14.2 Å². The van der Waals surface area contributed by atoms with E-state index in [1.807, 2.05) is 0 Å². The van der Waals surface area contributed by atoms with E-state index in [9.17, 15) is 0 Å². The lowest BCUT2D eigenvalue weighted by atomic mass is 9.92.